The number of para-hydroxylation sites is 1. The van der Waals surface area contributed by atoms with E-state index in [1.165, 1.54) is 11.3 Å². The molecule has 0 aromatic heterocycles. The molecule has 4 heteroatoms. The van der Waals surface area contributed by atoms with Gasteiger partial charge in [0.2, 0.25) is 0 Å². The van der Waals surface area contributed by atoms with Crippen molar-refractivity contribution in [3.8, 4) is 0 Å². The van der Waals surface area contributed by atoms with Gasteiger partial charge in [-0.15, -0.1) is 12.4 Å². The maximum Gasteiger partial charge on any atom is 0.0406 e. The van der Waals surface area contributed by atoms with Gasteiger partial charge in [-0.05, 0) is 18.6 Å². The van der Waals surface area contributed by atoms with Crippen molar-refractivity contribution >= 4 is 18.1 Å². The molecule has 0 saturated carbocycles. The van der Waals surface area contributed by atoms with E-state index < -0.39 is 0 Å². The maximum absolute atomic E-state index is 3.48. The Labute approximate surface area is 117 Å². The molecule has 1 aromatic rings. The summed E-state index contributed by atoms with van der Waals surface area (Å²) in [7, 11) is 4.22. The number of anilines is 1. The van der Waals surface area contributed by atoms with Crippen molar-refractivity contribution in [2.75, 3.05) is 38.6 Å². The van der Waals surface area contributed by atoms with Gasteiger partial charge in [-0.3, -0.25) is 4.90 Å². The second kappa shape index (κ2) is 6.98. The third-order valence-corrected chi connectivity index (χ3v) is 3.32. The molecule has 1 N–H and O–H groups in total. The number of hydrogen-bond acceptors (Lipinski definition) is 3. The minimum atomic E-state index is 0. The number of rotatable bonds is 3. The quantitative estimate of drug-likeness (QED) is 0.905. The van der Waals surface area contributed by atoms with E-state index >= 15 is 0 Å². The van der Waals surface area contributed by atoms with Gasteiger partial charge in [-0.2, -0.15) is 0 Å². The average molecular weight is 270 g/mol. The monoisotopic (exact) mass is 269 g/mol. The van der Waals surface area contributed by atoms with Gasteiger partial charge >= 0.3 is 0 Å². The van der Waals surface area contributed by atoms with Crippen LogP contribution in [-0.4, -0.2) is 44.7 Å². The lowest BCUT2D eigenvalue weighted by atomic mass is 10.1. The van der Waals surface area contributed by atoms with E-state index in [0.717, 1.165) is 26.2 Å². The Morgan fingerprint density at radius 2 is 2.06 bits per heavy atom. The van der Waals surface area contributed by atoms with Crippen LogP contribution in [0.15, 0.2) is 24.3 Å². The highest BCUT2D eigenvalue weighted by atomic mass is 35.5. The van der Waals surface area contributed by atoms with E-state index in [4.69, 9.17) is 0 Å². The summed E-state index contributed by atoms with van der Waals surface area (Å²) in [5.41, 5.74) is 2.75. The Hall–Kier alpha value is -0.770. The number of piperazine rings is 1. The number of halogens is 1. The molecule has 1 aliphatic rings. The van der Waals surface area contributed by atoms with Crippen molar-refractivity contribution in [1.29, 1.82) is 0 Å². The van der Waals surface area contributed by atoms with Gasteiger partial charge < -0.3 is 10.2 Å². The van der Waals surface area contributed by atoms with Crippen LogP contribution >= 0.6 is 12.4 Å². The van der Waals surface area contributed by atoms with Crippen LogP contribution in [0.25, 0.3) is 0 Å². The molecule has 1 heterocycles. The van der Waals surface area contributed by atoms with Crippen LogP contribution in [0, 0.1) is 0 Å². The van der Waals surface area contributed by atoms with Crippen LogP contribution in [0.2, 0.25) is 0 Å². The molecule has 1 aliphatic heterocycles. The number of nitrogens with one attached hydrogen (secondary N) is 1. The standard InChI is InChI=1S/C14H23N3.ClH/c1-12-10-17(9-8-15-12)11-13-6-4-5-7-14(13)16(2)3;/h4-7,12,15H,8-11H2,1-3H3;1H/t12-;/m1./s1. The molecule has 0 amide bonds. The van der Waals surface area contributed by atoms with Crippen LogP contribution in [0.5, 0.6) is 0 Å². The van der Waals surface area contributed by atoms with Gasteiger partial charge in [0, 0.05) is 52.0 Å². The van der Waals surface area contributed by atoms with Crippen molar-refractivity contribution in [1.82, 2.24) is 10.2 Å². The minimum Gasteiger partial charge on any atom is -0.377 e. The van der Waals surface area contributed by atoms with Crippen molar-refractivity contribution in [3.05, 3.63) is 29.8 Å². The number of benzene rings is 1. The first-order valence-corrected chi connectivity index (χ1v) is 6.38. The van der Waals surface area contributed by atoms with Crippen molar-refractivity contribution in [2.45, 2.75) is 19.5 Å². The van der Waals surface area contributed by atoms with Gasteiger partial charge in [-0.25, -0.2) is 0 Å². The first-order valence-electron chi connectivity index (χ1n) is 6.38. The molecular weight excluding hydrogens is 246 g/mol. The Kier molecular flexibility index (Phi) is 5.93. The molecular formula is C14H24ClN3. The van der Waals surface area contributed by atoms with Gasteiger partial charge in [0.15, 0.2) is 0 Å². The zero-order valence-corrected chi connectivity index (χ0v) is 12.3. The smallest absolute Gasteiger partial charge is 0.0406 e. The normalized spacial score (nSPS) is 20.3. The van der Waals surface area contributed by atoms with E-state index in [1.54, 1.807) is 0 Å². The Morgan fingerprint density at radius 3 is 2.72 bits per heavy atom. The van der Waals surface area contributed by atoms with Gasteiger partial charge in [0.1, 0.15) is 0 Å². The first-order chi connectivity index (χ1) is 8.16. The molecule has 0 spiro atoms. The zero-order chi connectivity index (χ0) is 12.3. The predicted octanol–water partition coefficient (Wildman–Crippen LogP) is 1.97. The molecule has 2 rings (SSSR count). The lowest BCUT2D eigenvalue weighted by Gasteiger charge is -2.32. The first kappa shape index (κ1) is 15.3. The molecule has 1 saturated heterocycles. The third-order valence-electron chi connectivity index (χ3n) is 3.32. The molecule has 1 fully saturated rings. The molecule has 3 nitrogen and oxygen atoms in total. The fraction of sp³-hybridized carbons (Fsp3) is 0.571. The van der Waals surface area contributed by atoms with E-state index in [1.807, 2.05) is 0 Å². The molecule has 0 aliphatic carbocycles. The predicted molar refractivity (Wildman–Crippen MR) is 80.8 cm³/mol. The van der Waals surface area contributed by atoms with Crippen molar-refractivity contribution in [3.63, 3.8) is 0 Å². The molecule has 0 bridgehead atoms. The summed E-state index contributed by atoms with van der Waals surface area (Å²) in [6, 6.07) is 9.28. The second-order valence-corrected chi connectivity index (χ2v) is 5.11. The number of hydrogen-bond donors (Lipinski definition) is 1. The molecule has 1 aromatic carbocycles. The fourth-order valence-corrected chi connectivity index (χ4v) is 2.48. The van der Waals surface area contributed by atoms with Crippen LogP contribution in [0.1, 0.15) is 12.5 Å². The molecule has 0 radical (unpaired) electrons. The zero-order valence-electron chi connectivity index (χ0n) is 11.5. The van der Waals surface area contributed by atoms with Gasteiger partial charge in [0.25, 0.3) is 0 Å². The van der Waals surface area contributed by atoms with Crippen LogP contribution in [0.3, 0.4) is 0 Å². The summed E-state index contributed by atoms with van der Waals surface area (Å²) in [5, 5.41) is 3.48. The highest BCUT2D eigenvalue weighted by Crippen LogP contribution is 2.20. The topological polar surface area (TPSA) is 18.5 Å². The molecule has 18 heavy (non-hydrogen) atoms. The lowest BCUT2D eigenvalue weighted by Crippen LogP contribution is -2.48. The second-order valence-electron chi connectivity index (χ2n) is 5.11. The summed E-state index contributed by atoms with van der Waals surface area (Å²) in [6.45, 7) is 6.70. The van der Waals surface area contributed by atoms with Crippen LogP contribution < -0.4 is 10.2 Å². The van der Waals surface area contributed by atoms with E-state index in [9.17, 15) is 0 Å². The summed E-state index contributed by atoms with van der Waals surface area (Å²) in [5.74, 6) is 0. The molecule has 102 valence electrons. The Balaban J connectivity index is 0.00000162. The summed E-state index contributed by atoms with van der Waals surface area (Å²) >= 11 is 0. The third kappa shape index (κ3) is 3.87. The summed E-state index contributed by atoms with van der Waals surface area (Å²) in [6.07, 6.45) is 0. The highest BCUT2D eigenvalue weighted by molar-refractivity contribution is 5.85. The Morgan fingerprint density at radius 1 is 1.33 bits per heavy atom. The summed E-state index contributed by atoms with van der Waals surface area (Å²) in [4.78, 5) is 4.73. The van der Waals surface area contributed by atoms with Crippen molar-refractivity contribution in [2.24, 2.45) is 0 Å². The van der Waals surface area contributed by atoms with E-state index in [-0.39, 0.29) is 12.4 Å². The van der Waals surface area contributed by atoms with Crippen LogP contribution in [-0.2, 0) is 6.54 Å². The highest BCUT2D eigenvalue weighted by Gasteiger charge is 2.16. The van der Waals surface area contributed by atoms with E-state index in [2.05, 4.69) is 60.4 Å². The van der Waals surface area contributed by atoms with Crippen molar-refractivity contribution < 1.29 is 0 Å². The molecule has 1 atom stereocenters. The van der Waals surface area contributed by atoms with Gasteiger partial charge in [-0.1, -0.05) is 18.2 Å². The fourth-order valence-electron chi connectivity index (χ4n) is 2.48. The van der Waals surface area contributed by atoms with Gasteiger partial charge in [0.05, 0.1) is 0 Å². The lowest BCUT2D eigenvalue weighted by molar-refractivity contribution is 0.200. The number of nitrogens with zero attached hydrogens (tertiary/aromatic N) is 2. The largest absolute Gasteiger partial charge is 0.377 e. The maximum atomic E-state index is 3.48. The summed E-state index contributed by atoms with van der Waals surface area (Å²) < 4.78 is 0. The minimum absolute atomic E-state index is 0. The average Bonchev–Trinajstić information content (AvgIpc) is 2.29. The molecule has 0 unspecified atom stereocenters. The van der Waals surface area contributed by atoms with Crippen LogP contribution in [0.4, 0.5) is 5.69 Å². The Bertz CT molecular complexity index is 368. The van der Waals surface area contributed by atoms with E-state index in [0.29, 0.717) is 6.04 Å². The SMILES string of the molecule is C[C@@H]1CN(Cc2ccccc2N(C)C)CCN1.Cl.